The second kappa shape index (κ2) is 6.53. The maximum atomic E-state index is 11.3. The van der Waals surface area contributed by atoms with Crippen molar-refractivity contribution < 1.29 is 19.4 Å². The molecule has 0 unspecified atom stereocenters. The summed E-state index contributed by atoms with van der Waals surface area (Å²) in [5.41, 5.74) is 0. The fourth-order valence-corrected chi connectivity index (χ4v) is 1.42. The van der Waals surface area contributed by atoms with E-state index in [1.165, 1.54) is 13.3 Å². The molecule has 0 saturated carbocycles. The van der Waals surface area contributed by atoms with Crippen molar-refractivity contribution in [3.05, 3.63) is 18.1 Å². The number of anilines is 1. The average molecular weight is 253 g/mol. The Hall–Kier alpha value is -2.18. The maximum absolute atomic E-state index is 11.3. The summed E-state index contributed by atoms with van der Waals surface area (Å²) in [4.78, 5) is 31.4. The second-order valence-corrected chi connectivity index (χ2v) is 3.55. The number of methoxy groups -OCH3 is 1. The van der Waals surface area contributed by atoms with Crippen LogP contribution in [0, 0.1) is 0 Å². The zero-order valence-electron chi connectivity index (χ0n) is 10.3. The Labute approximate surface area is 104 Å². The molecule has 0 saturated heterocycles. The molecule has 0 spiro atoms. The molecule has 1 N–H and O–H groups in total. The number of esters is 1. The van der Waals surface area contributed by atoms with Crippen LogP contribution in [0.5, 0.6) is 0 Å². The first kappa shape index (κ1) is 13.9. The van der Waals surface area contributed by atoms with E-state index < -0.39 is 11.9 Å². The van der Waals surface area contributed by atoms with Crippen molar-refractivity contribution in [1.82, 2.24) is 9.97 Å². The molecule has 7 nitrogen and oxygen atoms in total. The van der Waals surface area contributed by atoms with Gasteiger partial charge in [0.15, 0.2) is 0 Å². The highest BCUT2D eigenvalue weighted by atomic mass is 16.5. The molecule has 0 aliphatic rings. The van der Waals surface area contributed by atoms with Crippen LogP contribution in [0.3, 0.4) is 0 Å². The zero-order valence-corrected chi connectivity index (χ0v) is 10.3. The van der Waals surface area contributed by atoms with Crippen LogP contribution in [-0.2, 0) is 9.53 Å². The molecule has 0 amide bonds. The Bertz CT molecular complexity index is 436. The monoisotopic (exact) mass is 253 g/mol. The zero-order chi connectivity index (χ0) is 13.5. The second-order valence-electron chi connectivity index (χ2n) is 3.55. The molecule has 0 aliphatic heterocycles. The van der Waals surface area contributed by atoms with E-state index in [4.69, 9.17) is 5.11 Å². The van der Waals surface area contributed by atoms with Gasteiger partial charge in [0, 0.05) is 12.7 Å². The molecule has 0 atom stereocenters. The number of ether oxygens (including phenoxy) is 1. The predicted molar refractivity (Wildman–Crippen MR) is 63.5 cm³/mol. The summed E-state index contributed by atoms with van der Waals surface area (Å²) in [7, 11) is 1.24. The van der Waals surface area contributed by atoms with Gasteiger partial charge in [0.1, 0.15) is 12.4 Å². The summed E-state index contributed by atoms with van der Waals surface area (Å²) in [6.07, 6.45) is 2.17. The van der Waals surface area contributed by atoms with Crippen LogP contribution >= 0.6 is 0 Å². The fourth-order valence-electron chi connectivity index (χ4n) is 1.42. The molecule has 0 aromatic carbocycles. The largest absolute Gasteiger partial charge is 0.480 e. The van der Waals surface area contributed by atoms with Crippen LogP contribution in [0.1, 0.15) is 24.0 Å². The Balaban J connectivity index is 2.97. The lowest BCUT2D eigenvalue weighted by Crippen LogP contribution is -2.31. The van der Waals surface area contributed by atoms with E-state index in [0.717, 1.165) is 6.42 Å². The van der Waals surface area contributed by atoms with E-state index in [-0.39, 0.29) is 12.4 Å². The summed E-state index contributed by atoms with van der Waals surface area (Å²) >= 11 is 0. The maximum Gasteiger partial charge on any atom is 0.376 e. The van der Waals surface area contributed by atoms with Crippen molar-refractivity contribution in [1.29, 1.82) is 0 Å². The van der Waals surface area contributed by atoms with Crippen LogP contribution in [0.15, 0.2) is 12.3 Å². The van der Waals surface area contributed by atoms with E-state index >= 15 is 0 Å². The van der Waals surface area contributed by atoms with Gasteiger partial charge in [-0.15, -0.1) is 0 Å². The van der Waals surface area contributed by atoms with E-state index in [0.29, 0.717) is 12.4 Å². The van der Waals surface area contributed by atoms with Crippen LogP contribution in [0.2, 0.25) is 0 Å². The number of hydrogen-bond acceptors (Lipinski definition) is 6. The first-order chi connectivity index (χ1) is 8.58. The molecule has 0 aliphatic carbocycles. The predicted octanol–water partition coefficient (Wildman–Crippen LogP) is 0.564. The minimum atomic E-state index is -0.957. The minimum absolute atomic E-state index is 0.0820. The normalized spacial score (nSPS) is 9.89. The molecule has 7 heteroatoms. The SMILES string of the molecule is CCCN(CC(=O)O)c1ccnc(C(=O)OC)n1. The first-order valence-electron chi connectivity index (χ1n) is 5.46. The number of carboxylic acids is 1. The van der Waals surface area contributed by atoms with E-state index in [2.05, 4.69) is 14.7 Å². The van der Waals surface area contributed by atoms with Gasteiger partial charge in [0.05, 0.1) is 7.11 Å². The Morgan fingerprint density at radius 2 is 2.22 bits per heavy atom. The lowest BCUT2D eigenvalue weighted by Gasteiger charge is -2.20. The molecule has 0 radical (unpaired) electrons. The van der Waals surface area contributed by atoms with Gasteiger partial charge in [-0.3, -0.25) is 4.79 Å². The highest BCUT2D eigenvalue weighted by Gasteiger charge is 2.15. The Morgan fingerprint density at radius 3 is 2.78 bits per heavy atom. The number of rotatable bonds is 6. The molecule has 0 fully saturated rings. The van der Waals surface area contributed by atoms with Crippen LogP contribution < -0.4 is 4.90 Å². The van der Waals surface area contributed by atoms with Crippen molar-refractivity contribution in [2.45, 2.75) is 13.3 Å². The fraction of sp³-hybridized carbons (Fsp3) is 0.455. The van der Waals surface area contributed by atoms with Crippen LogP contribution in [-0.4, -0.2) is 47.2 Å². The third-order valence-corrected chi connectivity index (χ3v) is 2.15. The Morgan fingerprint density at radius 1 is 1.50 bits per heavy atom. The third kappa shape index (κ3) is 3.69. The highest BCUT2D eigenvalue weighted by Crippen LogP contribution is 2.10. The van der Waals surface area contributed by atoms with E-state index in [9.17, 15) is 9.59 Å². The van der Waals surface area contributed by atoms with Gasteiger partial charge in [-0.05, 0) is 12.5 Å². The molecule has 1 rings (SSSR count). The van der Waals surface area contributed by atoms with E-state index in [1.54, 1.807) is 11.0 Å². The lowest BCUT2D eigenvalue weighted by atomic mass is 10.3. The molecule has 1 aromatic rings. The number of aliphatic carboxylic acids is 1. The molecule has 18 heavy (non-hydrogen) atoms. The highest BCUT2D eigenvalue weighted by molar-refractivity contribution is 5.85. The number of aromatic nitrogens is 2. The van der Waals surface area contributed by atoms with E-state index in [1.807, 2.05) is 6.92 Å². The van der Waals surface area contributed by atoms with Crippen molar-refractivity contribution >= 4 is 17.8 Å². The standard InChI is InChI=1S/C11H15N3O4/c1-3-6-14(7-9(15)16)8-4-5-12-10(13-8)11(17)18-2/h4-5H,3,6-7H2,1-2H3,(H,15,16). The van der Waals surface area contributed by atoms with Gasteiger partial charge in [-0.2, -0.15) is 0 Å². The van der Waals surface area contributed by atoms with Crippen molar-refractivity contribution in [2.24, 2.45) is 0 Å². The topological polar surface area (TPSA) is 92.6 Å². The Kier molecular flexibility index (Phi) is 5.04. The van der Waals surface area contributed by atoms with Crippen molar-refractivity contribution in [2.75, 3.05) is 25.1 Å². The average Bonchev–Trinajstić information content (AvgIpc) is 2.37. The van der Waals surface area contributed by atoms with Crippen LogP contribution in [0.4, 0.5) is 5.82 Å². The van der Waals surface area contributed by atoms with Crippen molar-refractivity contribution in [3.8, 4) is 0 Å². The minimum Gasteiger partial charge on any atom is -0.480 e. The molecule has 0 bridgehead atoms. The van der Waals surface area contributed by atoms with Gasteiger partial charge < -0.3 is 14.7 Å². The summed E-state index contributed by atoms with van der Waals surface area (Å²) in [5.74, 6) is -1.29. The molecule has 98 valence electrons. The van der Waals surface area contributed by atoms with Gasteiger partial charge in [0.25, 0.3) is 0 Å². The number of carbonyl (C=O) groups is 2. The van der Waals surface area contributed by atoms with Crippen LogP contribution in [0.25, 0.3) is 0 Å². The lowest BCUT2D eigenvalue weighted by molar-refractivity contribution is -0.135. The molecule has 1 heterocycles. The third-order valence-electron chi connectivity index (χ3n) is 2.15. The van der Waals surface area contributed by atoms with Gasteiger partial charge in [-0.25, -0.2) is 14.8 Å². The van der Waals surface area contributed by atoms with Gasteiger partial charge in [-0.1, -0.05) is 6.92 Å². The van der Waals surface area contributed by atoms with Crippen molar-refractivity contribution in [3.63, 3.8) is 0 Å². The van der Waals surface area contributed by atoms with Gasteiger partial charge in [0.2, 0.25) is 5.82 Å². The number of carboxylic acid groups (broad SMARTS) is 1. The summed E-state index contributed by atoms with van der Waals surface area (Å²) in [6.45, 7) is 2.28. The van der Waals surface area contributed by atoms with Gasteiger partial charge >= 0.3 is 11.9 Å². The summed E-state index contributed by atoms with van der Waals surface area (Å²) in [5, 5.41) is 8.82. The molecular formula is C11H15N3O4. The first-order valence-corrected chi connectivity index (χ1v) is 5.46. The molecule has 1 aromatic heterocycles. The summed E-state index contributed by atoms with van der Waals surface area (Å²) < 4.78 is 4.51. The number of nitrogens with zero attached hydrogens (tertiary/aromatic N) is 3. The summed E-state index contributed by atoms with van der Waals surface area (Å²) in [6, 6.07) is 1.56. The smallest absolute Gasteiger partial charge is 0.376 e. The number of hydrogen-bond donors (Lipinski definition) is 1. The quantitative estimate of drug-likeness (QED) is 0.740. The number of carbonyl (C=O) groups excluding carboxylic acids is 1. The molecular weight excluding hydrogens is 238 g/mol.